The number of carbonyl (C=O) groups is 2. The van der Waals surface area contributed by atoms with Crippen LogP contribution in [0.3, 0.4) is 0 Å². The number of carbonyl (C=O) groups excluding carboxylic acids is 2. The Kier molecular flexibility index (Phi) is 7.99. The highest BCUT2D eigenvalue weighted by Crippen LogP contribution is 2.29. The van der Waals surface area contributed by atoms with Gasteiger partial charge in [0.2, 0.25) is 0 Å². The van der Waals surface area contributed by atoms with Crippen molar-refractivity contribution in [2.24, 2.45) is 0 Å². The minimum absolute atomic E-state index is 0.280. The van der Waals surface area contributed by atoms with Gasteiger partial charge in [-0.3, -0.25) is 9.59 Å². The first kappa shape index (κ1) is 24.3. The van der Waals surface area contributed by atoms with E-state index >= 15 is 0 Å². The van der Waals surface area contributed by atoms with E-state index in [9.17, 15) is 9.59 Å². The lowest BCUT2D eigenvalue weighted by molar-refractivity contribution is 0.0839. The molecule has 179 valence electrons. The van der Waals surface area contributed by atoms with Crippen LogP contribution in [-0.4, -0.2) is 25.0 Å². The van der Waals surface area contributed by atoms with Crippen LogP contribution in [0.4, 0.5) is 0 Å². The van der Waals surface area contributed by atoms with E-state index in [4.69, 9.17) is 9.47 Å². The van der Waals surface area contributed by atoms with Crippen LogP contribution in [0.25, 0.3) is 21.5 Å². The van der Waals surface area contributed by atoms with E-state index in [1.807, 2.05) is 60.7 Å². The average molecular weight is 469 g/mol. The zero-order valence-corrected chi connectivity index (χ0v) is 20.3. The molecule has 0 heterocycles. The highest BCUT2D eigenvalue weighted by molar-refractivity contribution is 6.14. The Morgan fingerprint density at radius 2 is 1.00 bits per heavy atom. The Labute approximate surface area is 206 Å². The first-order chi connectivity index (χ1) is 17.1. The molecule has 0 spiro atoms. The number of unbranched alkanes of at least 4 members (excludes halogenated alkanes) is 2. The minimum atomic E-state index is -0.625. The molecule has 0 N–H and O–H groups in total. The summed E-state index contributed by atoms with van der Waals surface area (Å²) in [5.74, 6) is -0.368. The molecule has 0 aliphatic rings. The summed E-state index contributed by atoms with van der Waals surface area (Å²) < 4.78 is 11.8. The maximum Gasteiger partial charge on any atom is 0.284 e. The van der Waals surface area contributed by atoms with Crippen molar-refractivity contribution in [3.05, 3.63) is 83.9 Å². The Morgan fingerprint density at radius 1 is 0.629 bits per heavy atom. The third kappa shape index (κ3) is 5.80. The lowest BCUT2D eigenvalue weighted by Crippen LogP contribution is -2.24. The van der Waals surface area contributed by atoms with Gasteiger partial charge in [0.25, 0.3) is 11.8 Å². The summed E-state index contributed by atoms with van der Waals surface area (Å²) in [5, 5.41) is 7.66. The molecule has 0 aliphatic carbocycles. The predicted molar refractivity (Wildman–Crippen MR) is 139 cm³/mol. The lowest BCUT2D eigenvalue weighted by Gasteiger charge is -2.14. The number of hydrogen-bond donors (Lipinski definition) is 0. The van der Waals surface area contributed by atoms with Gasteiger partial charge in [0.05, 0.1) is 24.3 Å². The first-order valence-electron chi connectivity index (χ1n) is 12.2. The van der Waals surface area contributed by atoms with Crippen LogP contribution in [0, 0.1) is 0 Å². The number of hydrogen-bond acceptors (Lipinski definition) is 4. The maximum absolute atomic E-state index is 13.3. The highest BCUT2D eigenvalue weighted by Gasteiger charge is 2.22. The Balaban J connectivity index is 1.65. The normalized spacial score (nSPS) is 10.9. The molecule has 1 radical (unpaired) electrons. The molecule has 0 saturated heterocycles. The largest absolute Gasteiger partial charge is 0.493 e. The van der Waals surface area contributed by atoms with Crippen LogP contribution in [0.2, 0.25) is 0 Å². The zero-order chi connectivity index (χ0) is 24.6. The van der Waals surface area contributed by atoms with E-state index in [0.29, 0.717) is 24.7 Å². The highest BCUT2D eigenvalue weighted by atomic mass is 16.5. The second kappa shape index (κ2) is 11.5. The fourth-order valence-corrected chi connectivity index (χ4v) is 3.88. The number of imide groups is 1. The molecule has 2 amide bonds. The van der Waals surface area contributed by atoms with Crippen molar-refractivity contribution in [3.8, 4) is 11.5 Å². The van der Waals surface area contributed by atoms with E-state index < -0.39 is 11.8 Å². The molecule has 4 aromatic carbocycles. The third-order valence-electron chi connectivity index (χ3n) is 5.87. The van der Waals surface area contributed by atoms with E-state index in [1.54, 1.807) is 12.1 Å². The molecular formula is C30H30NO4. The Bertz CT molecular complexity index is 1240. The molecule has 5 nitrogen and oxygen atoms in total. The molecule has 0 unspecified atom stereocenters. The van der Waals surface area contributed by atoms with E-state index in [1.165, 1.54) is 0 Å². The fourth-order valence-electron chi connectivity index (χ4n) is 3.88. The average Bonchev–Trinajstić information content (AvgIpc) is 2.88. The monoisotopic (exact) mass is 468 g/mol. The molecule has 0 aromatic heterocycles. The smallest absolute Gasteiger partial charge is 0.284 e. The van der Waals surface area contributed by atoms with Crippen molar-refractivity contribution >= 4 is 33.4 Å². The quantitative estimate of drug-likeness (QED) is 0.187. The van der Waals surface area contributed by atoms with Gasteiger partial charge in [-0.25, -0.2) is 0 Å². The summed E-state index contributed by atoms with van der Waals surface area (Å²) in [7, 11) is 0. The van der Waals surface area contributed by atoms with Gasteiger partial charge in [-0.2, -0.15) is 5.32 Å². The van der Waals surface area contributed by atoms with Gasteiger partial charge in [0, 0.05) is 0 Å². The van der Waals surface area contributed by atoms with Crippen molar-refractivity contribution in [3.63, 3.8) is 0 Å². The molecule has 4 aromatic rings. The van der Waals surface area contributed by atoms with Crippen LogP contribution in [-0.2, 0) is 0 Å². The Hall–Kier alpha value is -3.86. The predicted octanol–water partition coefficient (Wildman–Crippen LogP) is 6.94. The van der Waals surface area contributed by atoms with E-state index in [0.717, 1.165) is 47.2 Å². The number of benzene rings is 4. The summed E-state index contributed by atoms with van der Waals surface area (Å²) in [5.41, 5.74) is 0.560. The summed E-state index contributed by atoms with van der Waals surface area (Å²) in [6.07, 6.45) is 3.68. The van der Waals surface area contributed by atoms with E-state index in [-0.39, 0.29) is 11.1 Å². The van der Waals surface area contributed by atoms with Crippen LogP contribution in [0.1, 0.15) is 60.2 Å². The molecule has 0 fully saturated rings. The molecule has 0 atom stereocenters. The van der Waals surface area contributed by atoms with Crippen LogP contribution >= 0.6 is 0 Å². The third-order valence-corrected chi connectivity index (χ3v) is 5.87. The van der Waals surface area contributed by atoms with Crippen molar-refractivity contribution in [2.75, 3.05) is 13.2 Å². The van der Waals surface area contributed by atoms with Crippen molar-refractivity contribution in [1.29, 1.82) is 0 Å². The molecule has 35 heavy (non-hydrogen) atoms. The number of rotatable bonds is 10. The van der Waals surface area contributed by atoms with Gasteiger partial charge in [0.1, 0.15) is 11.5 Å². The SMILES string of the molecule is CCCCOc1cc2ccccc2cc1C(=O)[N]C(=O)c1cc2ccccc2cc1OCCCC. The summed E-state index contributed by atoms with van der Waals surface area (Å²) >= 11 is 0. The van der Waals surface area contributed by atoms with Crippen LogP contribution in [0.5, 0.6) is 11.5 Å². The molecule has 5 heteroatoms. The Morgan fingerprint density at radius 3 is 1.37 bits per heavy atom. The molecular weight excluding hydrogens is 438 g/mol. The van der Waals surface area contributed by atoms with Gasteiger partial charge < -0.3 is 9.47 Å². The van der Waals surface area contributed by atoms with Crippen molar-refractivity contribution in [2.45, 2.75) is 39.5 Å². The molecule has 0 saturated carbocycles. The van der Waals surface area contributed by atoms with Crippen molar-refractivity contribution in [1.82, 2.24) is 5.32 Å². The second-order valence-electron chi connectivity index (χ2n) is 8.52. The first-order valence-corrected chi connectivity index (χ1v) is 12.2. The molecule has 4 rings (SSSR count). The topological polar surface area (TPSA) is 66.7 Å². The zero-order valence-electron chi connectivity index (χ0n) is 20.3. The van der Waals surface area contributed by atoms with Gasteiger partial charge in [-0.1, -0.05) is 75.2 Å². The van der Waals surface area contributed by atoms with Crippen LogP contribution < -0.4 is 14.8 Å². The van der Waals surface area contributed by atoms with Gasteiger partial charge in [0.15, 0.2) is 0 Å². The summed E-state index contributed by atoms with van der Waals surface area (Å²) in [4.78, 5) is 26.5. The number of nitrogens with zero attached hydrogens (tertiary/aromatic N) is 1. The van der Waals surface area contributed by atoms with E-state index in [2.05, 4.69) is 19.2 Å². The van der Waals surface area contributed by atoms with Gasteiger partial charge in [-0.05, 0) is 58.7 Å². The minimum Gasteiger partial charge on any atom is -0.493 e. The molecule has 0 aliphatic heterocycles. The number of ether oxygens (including phenoxy) is 2. The fraction of sp³-hybridized carbons (Fsp3) is 0.267. The van der Waals surface area contributed by atoms with Gasteiger partial charge >= 0.3 is 0 Å². The molecule has 0 bridgehead atoms. The maximum atomic E-state index is 13.3. The summed E-state index contributed by atoms with van der Waals surface area (Å²) in [6.45, 7) is 5.13. The lowest BCUT2D eigenvalue weighted by atomic mass is 10.0. The standard InChI is InChI=1S/C30H30NO4/c1-3-5-15-34-27-19-23-13-9-7-11-21(23)17-25(27)29(32)31-30(33)26-18-22-12-8-10-14-24(22)20-28(26)35-16-6-4-2/h7-14,17-20H,3-6,15-16H2,1-2H3. The number of fused-ring (bicyclic) bond motifs is 2. The second-order valence-corrected chi connectivity index (χ2v) is 8.52. The van der Waals surface area contributed by atoms with Gasteiger partial charge in [-0.15, -0.1) is 0 Å². The van der Waals surface area contributed by atoms with Crippen molar-refractivity contribution < 1.29 is 19.1 Å². The number of amides is 2. The summed E-state index contributed by atoms with van der Waals surface area (Å²) in [6, 6.07) is 22.6. The van der Waals surface area contributed by atoms with Crippen LogP contribution in [0.15, 0.2) is 72.8 Å².